The van der Waals surface area contributed by atoms with E-state index in [-0.39, 0.29) is 33.3 Å². The Kier molecular flexibility index (Phi) is 4.12. The highest BCUT2D eigenvalue weighted by atomic mass is 16.2. The second-order valence-electron chi connectivity index (χ2n) is 6.19. The number of fused-ring (bicyclic) bond motifs is 1. The van der Waals surface area contributed by atoms with Crippen LogP contribution in [0.2, 0.25) is 11.6 Å². The Bertz CT molecular complexity index is 1040. The van der Waals surface area contributed by atoms with Gasteiger partial charge >= 0.3 is 0 Å². The van der Waals surface area contributed by atoms with Crippen LogP contribution in [0.5, 0.6) is 0 Å². The van der Waals surface area contributed by atoms with Gasteiger partial charge in [-0.2, -0.15) is 0 Å². The zero-order valence-corrected chi connectivity index (χ0v) is 13.8. The predicted molar refractivity (Wildman–Crippen MR) is 102 cm³/mol. The molecule has 2 aromatic rings. The number of carbonyl (C=O) groups is 2. The first kappa shape index (κ1) is 18.4. The fourth-order valence-corrected chi connectivity index (χ4v) is 3.11. The molecular formula is C14H9B5N4O3. The van der Waals surface area contributed by atoms with Crippen molar-refractivity contribution in [3.05, 3.63) is 22.2 Å². The van der Waals surface area contributed by atoms with E-state index < -0.39 is 34.4 Å². The molecular weight excluding hydrogens is 326 g/mol. The van der Waals surface area contributed by atoms with E-state index in [2.05, 4.69) is 4.98 Å². The van der Waals surface area contributed by atoms with E-state index in [9.17, 15) is 14.4 Å². The molecule has 12 heteroatoms. The molecule has 118 valence electrons. The molecule has 7 nitrogen and oxygen atoms in total. The average molecular weight is 335 g/mol. The second-order valence-corrected chi connectivity index (χ2v) is 6.19. The van der Waals surface area contributed by atoms with E-state index in [1.54, 1.807) is 0 Å². The summed E-state index contributed by atoms with van der Waals surface area (Å²) >= 11 is 0. The van der Waals surface area contributed by atoms with E-state index in [1.165, 1.54) is 13.0 Å². The van der Waals surface area contributed by atoms with Gasteiger partial charge in [0.2, 0.25) is 11.8 Å². The van der Waals surface area contributed by atoms with Crippen molar-refractivity contribution in [1.82, 2.24) is 14.9 Å². The van der Waals surface area contributed by atoms with Gasteiger partial charge in [0.05, 0.1) is 32.0 Å². The Morgan fingerprint density at radius 3 is 2.50 bits per heavy atom. The third-order valence-corrected chi connectivity index (χ3v) is 4.59. The highest BCUT2D eigenvalue weighted by molar-refractivity contribution is 6.52. The molecule has 3 unspecified atom stereocenters. The van der Waals surface area contributed by atoms with Crippen molar-refractivity contribution in [1.29, 1.82) is 0 Å². The topological polar surface area (TPSA) is 107 Å². The molecule has 0 spiro atoms. The number of nitrogen functional groups attached to an aromatic ring is 1. The third kappa shape index (κ3) is 2.27. The highest BCUT2D eigenvalue weighted by Gasteiger charge is 2.49. The highest BCUT2D eigenvalue weighted by Crippen LogP contribution is 2.38. The minimum Gasteiger partial charge on any atom is -0.398 e. The standard InChI is InChI=1S/C14H9B5N4O3/c1-3-21-9-6(5(20)2-4(15)7(9)16)12(25)23(3)14(19)10(18)8(17)11(24)22-13(14)26/h2,8,10H,20H2,1H3,(H,22,24,26). The van der Waals surface area contributed by atoms with Crippen molar-refractivity contribution in [2.24, 2.45) is 0 Å². The number of imide groups is 1. The van der Waals surface area contributed by atoms with Crippen LogP contribution in [0, 0.1) is 6.92 Å². The summed E-state index contributed by atoms with van der Waals surface area (Å²) in [6, 6.07) is 1.31. The van der Waals surface area contributed by atoms with Crippen LogP contribution in [0.15, 0.2) is 10.9 Å². The van der Waals surface area contributed by atoms with E-state index in [0.717, 1.165) is 4.57 Å². The van der Waals surface area contributed by atoms with Crippen molar-refractivity contribution >= 4 is 78.6 Å². The molecule has 1 aliphatic rings. The van der Waals surface area contributed by atoms with Gasteiger partial charge in [0.1, 0.15) is 29.4 Å². The van der Waals surface area contributed by atoms with Crippen LogP contribution in [0.25, 0.3) is 10.9 Å². The summed E-state index contributed by atoms with van der Waals surface area (Å²) in [5, 5.41) is 1.94. The molecule has 1 fully saturated rings. The number of carbonyl (C=O) groups excluding carboxylic acids is 2. The fourth-order valence-electron chi connectivity index (χ4n) is 3.11. The summed E-state index contributed by atoms with van der Waals surface area (Å²) < 4.78 is 0.869. The quantitative estimate of drug-likeness (QED) is 0.317. The monoisotopic (exact) mass is 336 g/mol. The normalized spacial score (nSPS) is 26.0. The summed E-state index contributed by atoms with van der Waals surface area (Å²) in [5.41, 5.74) is 3.29. The lowest BCUT2D eigenvalue weighted by molar-refractivity contribution is -0.137. The van der Waals surface area contributed by atoms with Crippen LogP contribution in [0.4, 0.5) is 5.69 Å². The molecule has 1 aromatic carbocycles. The van der Waals surface area contributed by atoms with Crippen LogP contribution in [-0.4, -0.2) is 60.6 Å². The number of aromatic nitrogens is 2. The molecule has 0 aliphatic carbocycles. The Labute approximate surface area is 155 Å². The largest absolute Gasteiger partial charge is 0.398 e. The Morgan fingerprint density at radius 2 is 1.88 bits per heavy atom. The van der Waals surface area contributed by atoms with Gasteiger partial charge in [-0.3, -0.25) is 24.3 Å². The first-order chi connectivity index (χ1) is 12.0. The van der Waals surface area contributed by atoms with Gasteiger partial charge in [-0.15, -0.1) is 0 Å². The molecule has 26 heavy (non-hydrogen) atoms. The van der Waals surface area contributed by atoms with E-state index in [4.69, 9.17) is 45.0 Å². The number of hydrogen-bond donors (Lipinski definition) is 2. The summed E-state index contributed by atoms with van der Waals surface area (Å²) in [6.45, 7) is 1.43. The van der Waals surface area contributed by atoms with Crippen LogP contribution >= 0.6 is 0 Å². The number of aryl methyl sites for hydroxylation is 1. The number of rotatable bonds is 1. The molecule has 0 saturated carbocycles. The molecule has 0 bridgehead atoms. The van der Waals surface area contributed by atoms with Crippen LogP contribution in [0.3, 0.4) is 0 Å². The van der Waals surface area contributed by atoms with Crippen molar-refractivity contribution < 1.29 is 9.59 Å². The zero-order chi connectivity index (χ0) is 19.5. The van der Waals surface area contributed by atoms with Gasteiger partial charge < -0.3 is 5.73 Å². The molecule has 1 aromatic heterocycles. The maximum absolute atomic E-state index is 13.1. The van der Waals surface area contributed by atoms with Crippen molar-refractivity contribution in [3.8, 4) is 0 Å². The second kappa shape index (κ2) is 5.82. The summed E-state index contributed by atoms with van der Waals surface area (Å²) in [6.07, 6.45) is 0. The van der Waals surface area contributed by atoms with Gasteiger partial charge in [0, 0.05) is 5.69 Å². The van der Waals surface area contributed by atoms with Gasteiger partial charge in [0.25, 0.3) is 5.56 Å². The minimum absolute atomic E-state index is 0.00622. The Morgan fingerprint density at radius 1 is 1.27 bits per heavy atom. The zero-order valence-electron chi connectivity index (χ0n) is 13.8. The average Bonchev–Trinajstić information content (AvgIpc) is 2.56. The first-order valence-electron chi connectivity index (χ1n) is 7.54. The number of hydrogen-bond acceptors (Lipinski definition) is 5. The van der Waals surface area contributed by atoms with Crippen LogP contribution in [-0.2, 0) is 15.0 Å². The van der Waals surface area contributed by atoms with Gasteiger partial charge in [0.15, 0.2) is 0 Å². The number of nitrogens with zero attached hydrogens (tertiary/aromatic N) is 2. The Hall–Kier alpha value is -2.38. The van der Waals surface area contributed by atoms with Crippen molar-refractivity contribution in [3.63, 3.8) is 0 Å². The molecule has 1 saturated heterocycles. The number of benzene rings is 1. The van der Waals surface area contributed by atoms with Gasteiger partial charge in [-0.1, -0.05) is 16.7 Å². The predicted octanol–water partition coefficient (Wildman–Crippen LogP) is -3.73. The summed E-state index contributed by atoms with van der Waals surface area (Å²) in [4.78, 5) is 41.5. The molecule has 1 aliphatic heterocycles. The number of nitrogens with two attached hydrogens (primary N) is 1. The third-order valence-electron chi connectivity index (χ3n) is 4.59. The maximum atomic E-state index is 13.1. The summed E-state index contributed by atoms with van der Waals surface area (Å²) in [7, 11) is 29.5. The Balaban J connectivity index is 2.41. The number of amides is 2. The molecule has 3 N–H and O–H groups in total. The molecule has 10 radical (unpaired) electrons. The molecule has 2 heterocycles. The number of piperidine rings is 1. The minimum atomic E-state index is -2.15. The lowest BCUT2D eigenvalue weighted by Crippen LogP contribution is -2.63. The van der Waals surface area contributed by atoms with Gasteiger partial charge in [-0.25, -0.2) is 4.98 Å². The van der Waals surface area contributed by atoms with Crippen LogP contribution in [0.1, 0.15) is 5.82 Å². The smallest absolute Gasteiger partial charge is 0.263 e. The fraction of sp³-hybridized carbons (Fsp3) is 0.286. The molecule has 2 amide bonds. The molecule has 3 rings (SSSR count). The van der Waals surface area contributed by atoms with E-state index in [0.29, 0.717) is 0 Å². The van der Waals surface area contributed by atoms with E-state index >= 15 is 0 Å². The maximum Gasteiger partial charge on any atom is 0.263 e. The number of nitrogens with one attached hydrogen (secondary N) is 1. The van der Waals surface area contributed by atoms with Gasteiger partial charge in [-0.05, 0) is 18.8 Å². The molecule has 3 atom stereocenters. The van der Waals surface area contributed by atoms with E-state index in [1.807, 2.05) is 5.32 Å². The lowest BCUT2D eigenvalue weighted by atomic mass is 9.49. The van der Waals surface area contributed by atoms with Crippen molar-refractivity contribution in [2.75, 3.05) is 5.73 Å². The van der Waals surface area contributed by atoms with Crippen LogP contribution < -0.4 is 27.5 Å². The number of anilines is 1. The van der Waals surface area contributed by atoms with Crippen molar-refractivity contribution in [2.45, 2.75) is 24.0 Å². The first-order valence-corrected chi connectivity index (χ1v) is 7.54. The lowest BCUT2D eigenvalue weighted by Gasteiger charge is -2.44. The SMILES string of the molecule is [B]c1cc(N)c2c(=O)n(C3([B])C(=O)NC(=O)C([B])C3[B])c(C)nc2c1[B]. The summed E-state index contributed by atoms with van der Waals surface area (Å²) in [5.74, 6) is -4.45.